The molecule has 1 aromatic rings. The SMILES string of the molecule is N#Cc1ccc(OC2CC3CCCC3C2)cc1Br. The zero-order valence-electron chi connectivity index (χ0n) is 10.2. The fourth-order valence-electron chi connectivity index (χ4n) is 3.45. The van der Waals surface area contributed by atoms with E-state index in [4.69, 9.17) is 10.00 Å². The molecule has 0 heterocycles. The number of nitrogens with zero attached hydrogens (tertiary/aromatic N) is 1. The Balaban J connectivity index is 1.67. The summed E-state index contributed by atoms with van der Waals surface area (Å²) in [4.78, 5) is 0. The van der Waals surface area contributed by atoms with Crippen molar-refractivity contribution in [1.82, 2.24) is 0 Å². The summed E-state index contributed by atoms with van der Waals surface area (Å²) in [6.07, 6.45) is 6.98. The Morgan fingerprint density at radius 3 is 2.56 bits per heavy atom. The molecule has 94 valence electrons. The summed E-state index contributed by atoms with van der Waals surface area (Å²) in [6, 6.07) is 7.77. The average molecular weight is 306 g/mol. The van der Waals surface area contributed by atoms with Crippen molar-refractivity contribution in [3.63, 3.8) is 0 Å². The lowest BCUT2D eigenvalue weighted by molar-refractivity contribution is 0.198. The van der Waals surface area contributed by atoms with Crippen molar-refractivity contribution < 1.29 is 4.74 Å². The Hall–Kier alpha value is -1.01. The van der Waals surface area contributed by atoms with E-state index in [0.29, 0.717) is 11.7 Å². The number of hydrogen-bond acceptors (Lipinski definition) is 2. The maximum atomic E-state index is 8.88. The minimum Gasteiger partial charge on any atom is -0.490 e. The monoisotopic (exact) mass is 305 g/mol. The van der Waals surface area contributed by atoms with E-state index in [1.54, 1.807) is 0 Å². The predicted molar refractivity (Wildman–Crippen MR) is 73.3 cm³/mol. The van der Waals surface area contributed by atoms with Gasteiger partial charge in [0.25, 0.3) is 0 Å². The van der Waals surface area contributed by atoms with Crippen LogP contribution < -0.4 is 4.74 Å². The summed E-state index contributed by atoms with van der Waals surface area (Å²) < 4.78 is 6.87. The van der Waals surface area contributed by atoms with Crippen molar-refractivity contribution in [2.24, 2.45) is 11.8 Å². The van der Waals surface area contributed by atoms with Crippen LogP contribution in [0.5, 0.6) is 5.75 Å². The average Bonchev–Trinajstić information content (AvgIpc) is 2.90. The third-order valence-corrected chi connectivity index (χ3v) is 4.97. The number of ether oxygens (including phenoxy) is 1. The summed E-state index contributed by atoms with van der Waals surface area (Å²) in [6.45, 7) is 0. The molecule has 0 N–H and O–H groups in total. The maximum Gasteiger partial charge on any atom is 0.120 e. The molecule has 0 radical (unpaired) electrons. The van der Waals surface area contributed by atoms with Gasteiger partial charge in [0, 0.05) is 4.47 Å². The zero-order chi connectivity index (χ0) is 12.5. The van der Waals surface area contributed by atoms with Gasteiger partial charge in [-0.3, -0.25) is 0 Å². The molecule has 2 aliphatic carbocycles. The molecule has 1 aromatic carbocycles. The van der Waals surface area contributed by atoms with Crippen molar-refractivity contribution in [3.05, 3.63) is 28.2 Å². The van der Waals surface area contributed by atoms with E-state index in [2.05, 4.69) is 22.0 Å². The Kier molecular flexibility index (Phi) is 3.30. The highest BCUT2D eigenvalue weighted by Gasteiger charge is 2.38. The molecule has 3 heteroatoms. The number of benzene rings is 1. The normalized spacial score (nSPS) is 29.9. The van der Waals surface area contributed by atoms with Gasteiger partial charge in [-0.25, -0.2) is 0 Å². The van der Waals surface area contributed by atoms with Gasteiger partial charge in [0.2, 0.25) is 0 Å². The Morgan fingerprint density at radius 2 is 1.94 bits per heavy atom. The smallest absolute Gasteiger partial charge is 0.120 e. The molecule has 18 heavy (non-hydrogen) atoms. The van der Waals surface area contributed by atoms with Crippen LogP contribution >= 0.6 is 15.9 Å². The van der Waals surface area contributed by atoms with Gasteiger partial charge in [0.1, 0.15) is 11.8 Å². The third kappa shape index (κ3) is 2.27. The van der Waals surface area contributed by atoms with E-state index < -0.39 is 0 Å². The molecule has 0 amide bonds. The van der Waals surface area contributed by atoms with E-state index in [-0.39, 0.29) is 0 Å². The Labute approximate surface area is 116 Å². The molecule has 0 saturated heterocycles. The van der Waals surface area contributed by atoms with E-state index in [9.17, 15) is 0 Å². The van der Waals surface area contributed by atoms with Gasteiger partial charge in [-0.15, -0.1) is 0 Å². The van der Waals surface area contributed by atoms with Crippen LogP contribution in [-0.4, -0.2) is 6.10 Å². The predicted octanol–water partition coefficient (Wildman–Crippen LogP) is 4.28. The third-order valence-electron chi connectivity index (χ3n) is 4.31. The van der Waals surface area contributed by atoms with Gasteiger partial charge in [-0.1, -0.05) is 19.3 Å². The first-order valence-electron chi connectivity index (χ1n) is 6.62. The van der Waals surface area contributed by atoms with E-state index in [1.807, 2.05) is 18.2 Å². The van der Waals surface area contributed by atoms with Crippen LogP contribution in [0.4, 0.5) is 0 Å². The summed E-state index contributed by atoms with van der Waals surface area (Å²) >= 11 is 3.40. The second kappa shape index (κ2) is 4.93. The lowest BCUT2D eigenvalue weighted by Crippen LogP contribution is -2.12. The second-order valence-corrected chi connectivity index (χ2v) is 6.27. The minimum atomic E-state index is 0.375. The van der Waals surface area contributed by atoms with Crippen LogP contribution in [0.1, 0.15) is 37.7 Å². The molecule has 0 bridgehead atoms. The van der Waals surface area contributed by atoms with Crippen LogP contribution in [0.25, 0.3) is 0 Å². The van der Waals surface area contributed by atoms with E-state index in [0.717, 1.165) is 22.1 Å². The maximum absolute atomic E-state index is 8.88. The first-order valence-corrected chi connectivity index (χ1v) is 7.42. The van der Waals surface area contributed by atoms with Crippen molar-refractivity contribution in [2.75, 3.05) is 0 Å². The van der Waals surface area contributed by atoms with E-state index >= 15 is 0 Å². The van der Waals surface area contributed by atoms with Crippen LogP contribution in [0.15, 0.2) is 22.7 Å². The highest BCUT2D eigenvalue weighted by Crippen LogP contribution is 2.45. The topological polar surface area (TPSA) is 33.0 Å². The summed E-state index contributed by atoms with van der Waals surface area (Å²) in [7, 11) is 0. The molecular weight excluding hydrogens is 290 g/mol. The molecule has 0 aliphatic heterocycles. The molecular formula is C15H16BrNO. The molecule has 2 nitrogen and oxygen atoms in total. The van der Waals surface area contributed by atoms with Gasteiger partial charge in [-0.05, 0) is 58.8 Å². The number of rotatable bonds is 2. The number of halogens is 1. The lowest BCUT2D eigenvalue weighted by atomic mass is 10.0. The molecule has 0 aromatic heterocycles. The highest BCUT2D eigenvalue weighted by molar-refractivity contribution is 9.10. The minimum absolute atomic E-state index is 0.375. The fourth-order valence-corrected chi connectivity index (χ4v) is 3.90. The number of nitriles is 1. The Morgan fingerprint density at radius 1 is 1.22 bits per heavy atom. The van der Waals surface area contributed by atoms with Gasteiger partial charge < -0.3 is 4.74 Å². The lowest BCUT2D eigenvalue weighted by Gasteiger charge is -2.15. The van der Waals surface area contributed by atoms with Gasteiger partial charge >= 0.3 is 0 Å². The summed E-state index contributed by atoms with van der Waals surface area (Å²) in [5.74, 6) is 2.68. The van der Waals surface area contributed by atoms with Crippen molar-refractivity contribution in [2.45, 2.75) is 38.2 Å². The van der Waals surface area contributed by atoms with Crippen molar-refractivity contribution in [3.8, 4) is 11.8 Å². The molecule has 2 unspecified atom stereocenters. The summed E-state index contributed by atoms with van der Waals surface area (Å²) in [5, 5.41) is 8.88. The number of fused-ring (bicyclic) bond motifs is 1. The first kappa shape index (κ1) is 12.0. The molecule has 3 rings (SSSR count). The quantitative estimate of drug-likeness (QED) is 0.817. The van der Waals surface area contributed by atoms with Crippen molar-refractivity contribution >= 4 is 15.9 Å². The molecule has 2 aliphatic rings. The largest absolute Gasteiger partial charge is 0.490 e. The standard InChI is InChI=1S/C15H16BrNO/c16-15-8-13(5-4-12(15)9-17)18-14-6-10-2-1-3-11(10)7-14/h4-5,8,10-11,14H,1-3,6-7H2. The molecule has 2 atom stereocenters. The van der Waals surface area contributed by atoms with Crippen LogP contribution in [0.2, 0.25) is 0 Å². The fraction of sp³-hybridized carbons (Fsp3) is 0.533. The van der Waals surface area contributed by atoms with Gasteiger partial charge in [0.15, 0.2) is 0 Å². The first-order chi connectivity index (χ1) is 8.76. The van der Waals surface area contributed by atoms with Gasteiger partial charge in [0.05, 0.1) is 11.7 Å². The van der Waals surface area contributed by atoms with Crippen LogP contribution in [0, 0.1) is 23.2 Å². The highest BCUT2D eigenvalue weighted by atomic mass is 79.9. The molecule has 2 fully saturated rings. The van der Waals surface area contributed by atoms with Gasteiger partial charge in [-0.2, -0.15) is 5.26 Å². The zero-order valence-corrected chi connectivity index (χ0v) is 11.8. The summed E-state index contributed by atoms with van der Waals surface area (Å²) in [5.41, 5.74) is 0.658. The van der Waals surface area contributed by atoms with Crippen LogP contribution in [-0.2, 0) is 0 Å². The second-order valence-electron chi connectivity index (χ2n) is 5.42. The van der Waals surface area contributed by atoms with Crippen LogP contribution in [0.3, 0.4) is 0 Å². The van der Waals surface area contributed by atoms with Crippen molar-refractivity contribution in [1.29, 1.82) is 5.26 Å². The molecule has 2 saturated carbocycles. The molecule has 0 spiro atoms. The Bertz CT molecular complexity index is 482. The number of hydrogen-bond donors (Lipinski definition) is 0. The van der Waals surface area contributed by atoms with E-state index in [1.165, 1.54) is 32.1 Å².